The SMILES string of the molecule is CC(=O)C1(C)CN(C(=O)Nc2ccc(Br)cc2)N=C1c1ccc(C(F)(F)F)c(Cl)c1. The number of benzene rings is 2. The maximum atomic E-state index is 13.0. The summed E-state index contributed by atoms with van der Waals surface area (Å²) in [5, 5.41) is 7.50. The van der Waals surface area contributed by atoms with Crippen LogP contribution in [0.5, 0.6) is 0 Å². The molecular weight excluding hydrogens is 487 g/mol. The Kier molecular flexibility index (Phi) is 5.97. The highest BCUT2D eigenvalue weighted by atomic mass is 79.9. The van der Waals surface area contributed by atoms with Crippen molar-refractivity contribution < 1.29 is 22.8 Å². The third-order valence-corrected chi connectivity index (χ3v) is 5.71. The van der Waals surface area contributed by atoms with Crippen molar-refractivity contribution in [3.63, 3.8) is 0 Å². The molecule has 0 saturated heterocycles. The van der Waals surface area contributed by atoms with Crippen molar-refractivity contribution in [3.8, 4) is 0 Å². The Morgan fingerprint density at radius 3 is 2.37 bits per heavy atom. The highest BCUT2D eigenvalue weighted by Gasteiger charge is 2.45. The molecule has 10 heteroatoms. The monoisotopic (exact) mass is 501 g/mol. The molecule has 2 aromatic rings. The topological polar surface area (TPSA) is 61.8 Å². The number of halogens is 5. The summed E-state index contributed by atoms with van der Waals surface area (Å²) in [6, 6.07) is 9.44. The van der Waals surface area contributed by atoms with Gasteiger partial charge >= 0.3 is 12.2 Å². The van der Waals surface area contributed by atoms with Crippen molar-refractivity contribution in [2.24, 2.45) is 10.5 Å². The molecule has 1 heterocycles. The molecule has 1 aliphatic rings. The molecule has 0 aromatic heterocycles. The van der Waals surface area contributed by atoms with E-state index in [0.29, 0.717) is 5.69 Å². The second kappa shape index (κ2) is 8.03. The Bertz CT molecular complexity index is 1040. The lowest BCUT2D eigenvalue weighted by atomic mass is 9.79. The molecule has 0 saturated carbocycles. The fraction of sp³-hybridized carbons (Fsp3) is 0.250. The summed E-state index contributed by atoms with van der Waals surface area (Å²) >= 11 is 9.13. The first-order valence-electron chi connectivity index (χ1n) is 8.73. The average molecular weight is 503 g/mol. The van der Waals surface area contributed by atoms with Crippen LogP contribution in [0.1, 0.15) is 25.0 Å². The zero-order valence-electron chi connectivity index (χ0n) is 15.8. The van der Waals surface area contributed by atoms with Gasteiger partial charge in [0, 0.05) is 15.7 Å². The first-order chi connectivity index (χ1) is 13.9. The van der Waals surface area contributed by atoms with Crippen LogP contribution >= 0.6 is 27.5 Å². The van der Waals surface area contributed by atoms with Crippen molar-refractivity contribution in [3.05, 3.63) is 63.1 Å². The quantitative estimate of drug-likeness (QED) is 0.562. The summed E-state index contributed by atoms with van der Waals surface area (Å²) in [5.74, 6) is -0.281. The van der Waals surface area contributed by atoms with Gasteiger partial charge in [0.05, 0.1) is 28.3 Å². The van der Waals surface area contributed by atoms with Crippen molar-refractivity contribution in [2.45, 2.75) is 20.0 Å². The number of nitrogens with zero attached hydrogens (tertiary/aromatic N) is 2. The number of Topliss-reactive ketones (excluding diaryl/α,β-unsaturated/α-hetero) is 1. The molecule has 0 fully saturated rings. The molecule has 158 valence electrons. The number of anilines is 1. The van der Waals surface area contributed by atoms with E-state index in [4.69, 9.17) is 11.6 Å². The summed E-state index contributed by atoms with van der Waals surface area (Å²) in [4.78, 5) is 25.0. The lowest BCUT2D eigenvalue weighted by Gasteiger charge is -2.23. The molecule has 0 spiro atoms. The number of ketones is 1. The van der Waals surface area contributed by atoms with Gasteiger partial charge in [-0.1, -0.05) is 33.6 Å². The van der Waals surface area contributed by atoms with Gasteiger partial charge in [-0.2, -0.15) is 18.3 Å². The summed E-state index contributed by atoms with van der Waals surface area (Å²) in [7, 11) is 0. The normalized spacial score (nSPS) is 18.9. The number of carbonyl (C=O) groups excluding carboxylic acids is 2. The van der Waals surface area contributed by atoms with E-state index in [1.807, 2.05) is 0 Å². The van der Waals surface area contributed by atoms with E-state index in [1.54, 1.807) is 31.2 Å². The minimum Gasteiger partial charge on any atom is -0.306 e. The number of urea groups is 1. The first kappa shape index (κ1) is 22.3. The predicted molar refractivity (Wildman–Crippen MR) is 112 cm³/mol. The van der Waals surface area contributed by atoms with Crippen LogP contribution in [0.25, 0.3) is 0 Å². The van der Waals surface area contributed by atoms with E-state index in [9.17, 15) is 22.8 Å². The fourth-order valence-corrected chi connectivity index (χ4v) is 3.58. The van der Waals surface area contributed by atoms with Gasteiger partial charge in [-0.05, 0) is 50.2 Å². The van der Waals surface area contributed by atoms with E-state index < -0.39 is 28.2 Å². The summed E-state index contributed by atoms with van der Waals surface area (Å²) < 4.78 is 39.9. The largest absolute Gasteiger partial charge is 0.417 e. The molecule has 0 bridgehead atoms. The molecule has 0 radical (unpaired) electrons. The summed E-state index contributed by atoms with van der Waals surface area (Å²) in [6.45, 7) is 2.88. The van der Waals surface area contributed by atoms with Crippen molar-refractivity contribution in [1.29, 1.82) is 0 Å². The lowest BCUT2D eigenvalue weighted by Crippen LogP contribution is -2.40. The van der Waals surface area contributed by atoms with Gasteiger partial charge in [-0.3, -0.25) is 4.79 Å². The van der Waals surface area contributed by atoms with Crippen LogP contribution in [-0.4, -0.2) is 29.1 Å². The number of rotatable bonds is 3. The number of hydrogen-bond donors (Lipinski definition) is 1. The van der Waals surface area contributed by atoms with Gasteiger partial charge in [0.15, 0.2) is 0 Å². The second-order valence-electron chi connectivity index (χ2n) is 7.02. The smallest absolute Gasteiger partial charge is 0.306 e. The minimum atomic E-state index is -4.60. The number of hydrogen-bond acceptors (Lipinski definition) is 3. The van der Waals surface area contributed by atoms with Crippen LogP contribution in [0.3, 0.4) is 0 Å². The Morgan fingerprint density at radius 1 is 1.20 bits per heavy atom. The van der Waals surface area contributed by atoms with Crippen LogP contribution in [-0.2, 0) is 11.0 Å². The third kappa shape index (κ3) is 4.37. The van der Waals surface area contributed by atoms with Crippen LogP contribution in [0.2, 0.25) is 5.02 Å². The number of amides is 2. The molecule has 1 N–H and O–H groups in total. The maximum Gasteiger partial charge on any atom is 0.417 e. The molecule has 2 aromatic carbocycles. The Labute approximate surface area is 184 Å². The molecule has 5 nitrogen and oxygen atoms in total. The molecule has 30 heavy (non-hydrogen) atoms. The third-order valence-electron chi connectivity index (χ3n) is 4.86. The van der Waals surface area contributed by atoms with Crippen LogP contribution in [0.4, 0.5) is 23.7 Å². The van der Waals surface area contributed by atoms with Crippen LogP contribution in [0.15, 0.2) is 52.0 Å². The van der Waals surface area contributed by atoms with E-state index >= 15 is 0 Å². The van der Waals surface area contributed by atoms with Gasteiger partial charge in [0.25, 0.3) is 0 Å². The van der Waals surface area contributed by atoms with Gasteiger partial charge in [0.2, 0.25) is 0 Å². The first-order valence-corrected chi connectivity index (χ1v) is 9.90. The van der Waals surface area contributed by atoms with Crippen molar-refractivity contribution in [1.82, 2.24) is 5.01 Å². The summed E-state index contributed by atoms with van der Waals surface area (Å²) in [6.07, 6.45) is -4.60. The zero-order chi connectivity index (χ0) is 22.3. The number of nitrogens with one attached hydrogen (secondary N) is 1. The van der Waals surface area contributed by atoms with Gasteiger partial charge in [-0.25, -0.2) is 9.80 Å². The highest BCUT2D eigenvalue weighted by Crippen LogP contribution is 2.38. The summed E-state index contributed by atoms with van der Waals surface area (Å²) in [5.41, 5.74) is -1.24. The van der Waals surface area contributed by atoms with E-state index in [2.05, 4.69) is 26.3 Å². The van der Waals surface area contributed by atoms with E-state index in [-0.39, 0.29) is 23.6 Å². The van der Waals surface area contributed by atoms with Crippen LogP contribution in [0, 0.1) is 5.41 Å². The Balaban J connectivity index is 1.94. The number of alkyl halides is 3. The molecule has 2 amide bonds. The van der Waals surface area contributed by atoms with E-state index in [0.717, 1.165) is 21.6 Å². The number of carbonyl (C=O) groups is 2. The van der Waals surface area contributed by atoms with Gasteiger partial charge in [0.1, 0.15) is 5.78 Å². The average Bonchev–Trinajstić information content (AvgIpc) is 3.02. The predicted octanol–water partition coefficient (Wildman–Crippen LogP) is 5.97. The second-order valence-corrected chi connectivity index (χ2v) is 8.35. The molecule has 1 aliphatic heterocycles. The highest BCUT2D eigenvalue weighted by molar-refractivity contribution is 9.10. The standard InChI is InChI=1S/C20H16BrClF3N3O2/c1-11(29)19(2)10-28(18(30)26-14-6-4-13(21)5-7-14)27-17(19)12-3-8-15(16(22)9-12)20(23,24)25/h3-9H,10H2,1-2H3,(H,26,30). The molecule has 3 rings (SSSR count). The minimum absolute atomic E-state index is 0.0569. The number of hydrazone groups is 1. The van der Waals surface area contributed by atoms with Gasteiger partial charge in [-0.15, -0.1) is 0 Å². The van der Waals surface area contributed by atoms with Crippen molar-refractivity contribution >= 4 is 50.7 Å². The molecular formula is C20H16BrClF3N3O2. The Hall–Kier alpha value is -2.39. The van der Waals surface area contributed by atoms with E-state index in [1.165, 1.54) is 13.0 Å². The maximum absolute atomic E-state index is 13.0. The molecule has 0 aliphatic carbocycles. The zero-order valence-corrected chi connectivity index (χ0v) is 18.2. The van der Waals surface area contributed by atoms with Crippen LogP contribution < -0.4 is 5.32 Å². The lowest BCUT2D eigenvalue weighted by molar-refractivity contribution is -0.137. The van der Waals surface area contributed by atoms with Gasteiger partial charge < -0.3 is 5.32 Å². The fourth-order valence-electron chi connectivity index (χ4n) is 3.03. The molecule has 1 unspecified atom stereocenters. The van der Waals surface area contributed by atoms with Crippen molar-refractivity contribution in [2.75, 3.05) is 11.9 Å². The molecule has 1 atom stereocenters. The Morgan fingerprint density at radius 2 is 1.83 bits per heavy atom.